The van der Waals surface area contributed by atoms with Crippen LogP contribution in [0.2, 0.25) is 0 Å². The zero-order valence-corrected chi connectivity index (χ0v) is 20.7. The van der Waals surface area contributed by atoms with Crippen LogP contribution in [0.5, 0.6) is 5.88 Å². The number of aromatic nitrogens is 4. The molecule has 0 saturated heterocycles. The molecule has 190 valence electrons. The van der Waals surface area contributed by atoms with Gasteiger partial charge in [-0.2, -0.15) is 18.3 Å². The molecule has 1 N–H and O–H groups in total. The minimum Gasteiger partial charge on any atom is -0.481 e. The zero-order valence-electron chi connectivity index (χ0n) is 20.7. The molecule has 8 nitrogen and oxygen atoms in total. The SMILES string of the molecule is C=C(NCC)c1cc(-c2cc(C)c3c(n2)C(C)(C)N(c2cnn(CC(F)(F)F)c2)C3=O)cnc1OC. The first-order chi connectivity index (χ1) is 16.9. The highest BCUT2D eigenvalue weighted by molar-refractivity contribution is 6.12. The fourth-order valence-electron chi connectivity index (χ4n) is 4.46. The van der Waals surface area contributed by atoms with Crippen molar-refractivity contribution in [2.45, 2.75) is 46.0 Å². The summed E-state index contributed by atoms with van der Waals surface area (Å²) in [5.74, 6) is 0.0762. The largest absolute Gasteiger partial charge is 0.481 e. The van der Waals surface area contributed by atoms with Crippen LogP contribution in [-0.4, -0.2) is 45.5 Å². The average Bonchev–Trinajstić information content (AvgIpc) is 3.31. The average molecular weight is 501 g/mol. The molecule has 0 bridgehead atoms. The number of hydrogen-bond donors (Lipinski definition) is 1. The van der Waals surface area contributed by atoms with Crippen LogP contribution >= 0.6 is 0 Å². The number of nitrogens with one attached hydrogen (secondary N) is 1. The van der Waals surface area contributed by atoms with Crippen molar-refractivity contribution in [2.24, 2.45) is 0 Å². The van der Waals surface area contributed by atoms with Crippen LogP contribution in [-0.2, 0) is 12.1 Å². The molecule has 0 unspecified atom stereocenters. The number of ether oxygens (including phenoxy) is 1. The summed E-state index contributed by atoms with van der Waals surface area (Å²) in [6.45, 7) is 10.9. The van der Waals surface area contributed by atoms with Crippen LogP contribution in [0.25, 0.3) is 17.0 Å². The van der Waals surface area contributed by atoms with Crippen LogP contribution in [0.3, 0.4) is 0 Å². The minimum atomic E-state index is -4.42. The molecule has 36 heavy (non-hydrogen) atoms. The molecular weight excluding hydrogens is 473 g/mol. The number of amides is 1. The molecule has 0 saturated carbocycles. The number of nitrogens with zero attached hydrogens (tertiary/aromatic N) is 5. The summed E-state index contributed by atoms with van der Waals surface area (Å²) in [4.78, 5) is 24.1. The topological polar surface area (TPSA) is 85.2 Å². The second-order valence-corrected chi connectivity index (χ2v) is 9.05. The molecule has 1 amide bonds. The van der Waals surface area contributed by atoms with Crippen molar-refractivity contribution in [3.8, 4) is 17.1 Å². The Bertz CT molecular complexity index is 1350. The van der Waals surface area contributed by atoms with E-state index in [2.05, 4.69) is 22.0 Å². The molecule has 3 aromatic rings. The first-order valence-corrected chi connectivity index (χ1v) is 11.3. The predicted octanol–water partition coefficient (Wildman–Crippen LogP) is 4.70. The molecule has 4 rings (SSSR count). The first-order valence-electron chi connectivity index (χ1n) is 11.3. The maximum Gasteiger partial charge on any atom is 0.408 e. The Hall–Kier alpha value is -3.89. The van der Waals surface area contributed by atoms with Gasteiger partial charge in [0.25, 0.3) is 5.91 Å². The zero-order chi connectivity index (χ0) is 26.4. The Morgan fingerprint density at radius 1 is 1.25 bits per heavy atom. The van der Waals surface area contributed by atoms with E-state index < -0.39 is 18.3 Å². The molecule has 1 aliphatic heterocycles. The summed E-state index contributed by atoms with van der Waals surface area (Å²) >= 11 is 0. The number of rotatable bonds is 7. The molecular formula is C25H27F3N6O2. The lowest BCUT2D eigenvalue weighted by molar-refractivity contribution is -0.142. The predicted molar refractivity (Wildman–Crippen MR) is 130 cm³/mol. The summed E-state index contributed by atoms with van der Waals surface area (Å²) in [6, 6.07) is 3.67. The van der Waals surface area contributed by atoms with E-state index in [0.717, 1.165) is 4.68 Å². The van der Waals surface area contributed by atoms with E-state index in [0.29, 0.717) is 51.8 Å². The van der Waals surface area contributed by atoms with Crippen LogP contribution in [0.4, 0.5) is 18.9 Å². The smallest absolute Gasteiger partial charge is 0.408 e. The highest BCUT2D eigenvalue weighted by atomic mass is 19.4. The highest BCUT2D eigenvalue weighted by Crippen LogP contribution is 2.43. The van der Waals surface area contributed by atoms with Gasteiger partial charge in [-0.3, -0.25) is 14.4 Å². The van der Waals surface area contributed by atoms with Gasteiger partial charge in [0.05, 0.1) is 47.0 Å². The number of pyridine rings is 2. The van der Waals surface area contributed by atoms with Crippen molar-refractivity contribution < 1.29 is 22.7 Å². The molecule has 0 atom stereocenters. The summed E-state index contributed by atoms with van der Waals surface area (Å²) in [5, 5.41) is 6.96. The van der Waals surface area contributed by atoms with Gasteiger partial charge in [0, 0.05) is 30.2 Å². The van der Waals surface area contributed by atoms with E-state index in [9.17, 15) is 18.0 Å². The number of alkyl halides is 3. The molecule has 0 aromatic carbocycles. The number of hydrogen-bond acceptors (Lipinski definition) is 6. The number of halogens is 3. The summed E-state index contributed by atoms with van der Waals surface area (Å²) in [6.07, 6.45) is -0.299. The van der Waals surface area contributed by atoms with Gasteiger partial charge in [-0.05, 0) is 45.4 Å². The quantitative estimate of drug-likeness (QED) is 0.507. The van der Waals surface area contributed by atoms with E-state index >= 15 is 0 Å². The number of carbonyl (C=O) groups is 1. The number of methoxy groups -OCH3 is 1. The van der Waals surface area contributed by atoms with Crippen molar-refractivity contribution >= 4 is 17.3 Å². The third-order valence-electron chi connectivity index (χ3n) is 6.05. The molecule has 11 heteroatoms. The Morgan fingerprint density at radius 3 is 2.61 bits per heavy atom. The van der Waals surface area contributed by atoms with Gasteiger partial charge in [0.1, 0.15) is 6.54 Å². The monoisotopic (exact) mass is 500 g/mol. The Balaban J connectivity index is 1.77. The van der Waals surface area contributed by atoms with Crippen molar-refractivity contribution in [3.05, 3.63) is 59.7 Å². The van der Waals surface area contributed by atoms with Gasteiger partial charge in [0.2, 0.25) is 5.88 Å². The number of anilines is 1. The lowest BCUT2D eigenvalue weighted by Crippen LogP contribution is -2.39. The van der Waals surface area contributed by atoms with Gasteiger partial charge >= 0.3 is 6.18 Å². The van der Waals surface area contributed by atoms with Crippen LogP contribution in [0.1, 0.15) is 48.0 Å². The summed E-state index contributed by atoms with van der Waals surface area (Å²) in [5.41, 5.74) is 3.61. The second kappa shape index (κ2) is 8.96. The number of fused-ring (bicyclic) bond motifs is 1. The van der Waals surface area contributed by atoms with Crippen molar-refractivity contribution in [1.82, 2.24) is 25.1 Å². The lowest BCUT2D eigenvalue weighted by atomic mass is 9.96. The highest BCUT2D eigenvalue weighted by Gasteiger charge is 2.47. The van der Waals surface area contributed by atoms with Gasteiger partial charge in [-0.15, -0.1) is 0 Å². The number of carbonyl (C=O) groups excluding carboxylic acids is 1. The van der Waals surface area contributed by atoms with Crippen LogP contribution in [0, 0.1) is 6.92 Å². The van der Waals surface area contributed by atoms with Gasteiger partial charge < -0.3 is 10.1 Å². The summed E-state index contributed by atoms with van der Waals surface area (Å²) in [7, 11) is 1.53. The lowest BCUT2D eigenvalue weighted by Gasteiger charge is -2.30. The second-order valence-electron chi connectivity index (χ2n) is 9.05. The fraction of sp³-hybridized carbons (Fsp3) is 0.360. The molecule has 4 heterocycles. The molecule has 1 aliphatic rings. The van der Waals surface area contributed by atoms with E-state index in [1.54, 1.807) is 26.1 Å². The standard InChI is InChI=1S/C25H27F3N6O2/c1-7-29-15(3)18-9-16(10-30-22(18)36-6)19-8-14(2)20-21(32-19)24(4,5)34(23(20)35)17-11-31-33(12-17)13-25(26,27)28/h8-12,29H,3,7,13H2,1-2,4-6H3. The van der Waals surface area contributed by atoms with E-state index in [4.69, 9.17) is 9.72 Å². The Labute approximate surface area is 206 Å². The molecule has 0 aliphatic carbocycles. The van der Waals surface area contributed by atoms with E-state index in [1.807, 2.05) is 19.9 Å². The molecule has 0 spiro atoms. The third kappa shape index (κ3) is 4.40. The maximum absolute atomic E-state index is 13.5. The Kier molecular flexibility index (Phi) is 6.27. The van der Waals surface area contributed by atoms with Crippen LogP contribution in [0.15, 0.2) is 37.3 Å². The van der Waals surface area contributed by atoms with E-state index in [-0.39, 0.29) is 11.6 Å². The molecule has 0 radical (unpaired) electrons. The van der Waals surface area contributed by atoms with Crippen molar-refractivity contribution in [1.29, 1.82) is 0 Å². The van der Waals surface area contributed by atoms with Gasteiger partial charge in [0.15, 0.2) is 0 Å². The van der Waals surface area contributed by atoms with Crippen LogP contribution < -0.4 is 15.0 Å². The van der Waals surface area contributed by atoms with Crippen molar-refractivity contribution in [2.75, 3.05) is 18.6 Å². The maximum atomic E-state index is 13.5. The third-order valence-corrected chi connectivity index (χ3v) is 6.05. The Morgan fingerprint density at radius 2 is 1.97 bits per heavy atom. The van der Waals surface area contributed by atoms with Gasteiger partial charge in [-0.1, -0.05) is 6.58 Å². The number of aryl methyl sites for hydroxylation is 1. The molecule has 3 aromatic heterocycles. The summed E-state index contributed by atoms with van der Waals surface area (Å²) < 4.78 is 44.6. The fourth-order valence-corrected chi connectivity index (χ4v) is 4.46. The normalized spacial score (nSPS) is 14.7. The molecule has 0 fully saturated rings. The minimum absolute atomic E-state index is 0.267. The van der Waals surface area contributed by atoms with Crippen molar-refractivity contribution in [3.63, 3.8) is 0 Å². The van der Waals surface area contributed by atoms with Gasteiger partial charge in [-0.25, -0.2) is 9.97 Å². The van der Waals surface area contributed by atoms with E-state index in [1.165, 1.54) is 24.4 Å². The first kappa shape index (κ1) is 25.2.